The molecule has 1 amide bonds. The average molecular weight is 435 g/mol. The maximum absolute atomic E-state index is 12.7. The van der Waals surface area contributed by atoms with E-state index in [1.807, 2.05) is 24.3 Å². The molecule has 1 aromatic rings. The van der Waals surface area contributed by atoms with Gasteiger partial charge in [0.25, 0.3) is 5.91 Å². The van der Waals surface area contributed by atoms with Crippen LogP contribution in [-0.2, 0) is 14.3 Å². The molecule has 1 N–H and O–H groups in total. The van der Waals surface area contributed by atoms with Gasteiger partial charge in [0.15, 0.2) is 6.29 Å². The van der Waals surface area contributed by atoms with E-state index in [2.05, 4.69) is 9.79 Å². The molecule has 0 spiro atoms. The van der Waals surface area contributed by atoms with Crippen LogP contribution in [0.2, 0.25) is 0 Å². The van der Waals surface area contributed by atoms with Crippen LogP contribution in [0.4, 0.5) is 0 Å². The fourth-order valence-corrected chi connectivity index (χ4v) is 5.45. The number of hydrogen-bond acceptors (Lipinski definition) is 6. The van der Waals surface area contributed by atoms with Crippen molar-refractivity contribution >= 4 is 17.9 Å². The van der Waals surface area contributed by atoms with Crippen LogP contribution < -0.4 is 5.48 Å². The lowest BCUT2D eigenvalue weighted by atomic mass is 9.97. The Labute approximate surface area is 184 Å². The second kappa shape index (κ2) is 11.5. The third kappa shape index (κ3) is 6.44. The van der Waals surface area contributed by atoms with Crippen molar-refractivity contribution in [2.45, 2.75) is 87.6 Å². The molecule has 7 heteroatoms. The molecule has 1 saturated carbocycles. The summed E-state index contributed by atoms with van der Waals surface area (Å²) in [6, 6.07) is 7.71. The van der Waals surface area contributed by atoms with Gasteiger partial charge in [-0.05, 0) is 62.6 Å². The van der Waals surface area contributed by atoms with Crippen molar-refractivity contribution in [3.05, 3.63) is 29.8 Å². The Kier molecular flexibility index (Phi) is 8.46. The van der Waals surface area contributed by atoms with Crippen molar-refractivity contribution in [3.8, 4) is 0 Å². The average Bonchev–Trinajstić information content (AvgIpc) is 2.80. The number of carbonyl (C=O) groups is 1. The van der Waals surface area contributed by atoms with Crippen LogP contribution in [0, 0.1) is 0 Å². The van der Waals surface area contributed by atoms with Crippen molar-refractivity contribution < 1.29 is 19.1 Å². The molecule has 0 bridgehead atoms. The van der Waals surface area contributed by atoms with E-state index in [-0.39, 0.29) is 12.2 Å². The standard InChI is InChI=1S/C23H34N2O4S/c26-23(24-29-22-12-6-7-17-27-22)20-10-4-5-11-21(20)30-25-15-13-19(14-16-25)28-18-8-2-1-3-9-18/h4-5,10-11,18-19,22H,1-3,6-9,12-17H2,(H,24,26). The molecule has 3 aliphatic rings. The Morgan fingerprint density at radius 1 is 0.967 bits per heavy atom. The Morgan fingerprint density at radius 2 is 1.70 bits per heavy atom. The molecule has 0 aromatic heterocycles. The first-order valence-corrected chi connectivity index (χ1v) is 12.3. The maximum atomic E-state index is 12.7. The number of nitrogens with zero attached hydrogens (tertiary/aromatic N) is 1. The van der Waals surface area contributed by atoms with Gasteiger partial charge in [0.1, 0.15) is 0 Å². The molecule has 2 saturated heterocycles. The van der Waals surface area contributed by atoms with Gasteiger partial charge in [-0.2, -0.15) is 0 Å². The molecule has 6 nitrogen and oxygen atoms in total. The quantitative estimate of drug-likeness (QED) is 0.496. The molecular weight excluding hydrogens is 400 g/mol. The monoisotopic (exact) mass is 434 g/mol. The van der Waals surface area contributed by atoms with Crippen LogP contribution in [0.1, 0.15) is 74.6 Å². The van der Waals surface area contributed by atoms with E-state index < -0.39 is 0 Å². The van der Waals surface area contributed by atoms with E-state index in [4.69, 9.17) is 14.3 Å². The van der Waals surface area contributed by atoms with E-state index in [1.54, 1.807) is 11.9 Å². The van der Waals surface area contributed by atoms with Gasteiger partial charge in [-0.3, -0.25) is 4.79 Å². The first-order chi connectivity index (χ1) is 14.8. The van der Waals surface area contributed by atoms with Gasteiger partial charge in [-0.1, -0.05) is 31.4 Å². The summed E-state index contributed by atoms with van der Waals surface area (Å²) in [5.74, 6) is -0.220. The Bertz CT molecular complexity index is 669. The van der Waals surface area contributed by atoms with Gasteiger partial charge >= 0.3 is 0 Å². The van der Waals surface area contributed by atoms with Crippen molar-refractivity contribution in [2.75, 3.05) is 19.7 Å². The fourth-order valence-electron chi connectivity index (χ4n) is 4.38. The van der Waals surface area contributed by atoms with Crippen LogP contribution in [0.5, 0.6) is 0 Å². The first-order valence-electron chi connectivity index (χ1n) is 11.5. The highest BCUT2D eigenvalue weighted by Crippen LogP contribution is 2.31. The third-order valence-electron chi connectivity index (χ3n) is 6.12. The predicted octanol–water partition coefficient (Wildman–Crippen LogP) is 4.70. The lowest BCUT2D eigenvalue weighted by molar-refractivity contribution is -0.186. The Hall–Kier alpha value is -1.12. The molecule has 0 radical (unpaired) electrons. The number of ether oxygens (including phenoxy) is 2. The van der Waals surface area contributed by atoms with Crippen LogP contribution >= 0.6 is 11.9 Å². The summed E-state index contributed by atoms with van der Waals surface area (Å²) in [4.78, 5) is 19.1. The zero-order valence-electron chi connectivity index (χ0n) is 17.7. The molecule has 2 aliphatic heterocycles. The summed E-state index contributed by atoms with van der Waals surface area (Å²) < 4.78 is 14.2. The molecule has 30 heavy (non-hydrogen) atoms. The molecule has 1 atom stereocenters. The summed E-state index contributed by atoms with van der Waals surface area (Å²) in [5, 5.41) is 0. The first kappa shape index (κ1) is 22.1. The second-order valence-corrected chi connectivity index (χ2v) is 9.60. The van der Waals surface area contributed by atoms with Gasteiger partial charge in [0.05, 0.1) is 17.8 Å². The van der Waals surface area contributed by atoms with E-state index in [0.717, 1.165) is 50.1 Å². The highest BCUT2D eigenvalue weighted by Gasteiger charge is 2.25. The molecule has 1 aliphatic carbocycles. The van der Waals surface area contributed by atoms with E-state index in [1.165, 1.54) is 32.1 Å². The van der Waals surface area contributed by atoms with Crippen LogP contribution in [0.15, 0.2) is 29.2 Å². The molecule has 2 heterocycles. The number of hydrogen-bond donors (Lipinski definition) is 1. The minimum atomic E-state index is -0.342. The summed E-state index contributed by atoms with van der Waals surface area (Å²) in [6.07, 6.45) is 12.0. The van der Waals surface area contributed by atoms with E-state index in [0.29, 0.717) is 24.4 Å². The van der Waals surface area contributed by atoms with Gasteiger partial charge in [-0.25, -0.2) is 14.6 Å². The lowest BCUT2D eigenvalue weighted by Crippen LogP contribution is -2.36. The van der Waals surface area contributed by atoms with Crippen molar-refractivity contribution in [2.24, 2.45) is 0 Å². The molecular formula is C23H34N2O4S. The lowest BCUT2D eigenvalue weighted by Gasteiger charge is -2.34. The summed E-state index contributed by atoms with van der Waals surface area (Å²) >= 11 is 1.66. The van der Waals surface area contributed by atoms with E-state index >= 15 is 0 Å². The number of carbonyl (C=O) groups excluding carboxylic acids is 1. The molecule has 4 rings (SSSR count). The van der Waals surface area contributed by atoms with Crippen molar-refractivity contribution in [3.63, 3.8) is 0 Å². The number of benzene rings is 1. The maximum Gasteiger partial charge on any atom is 0.276 e. The summed E-state index contributed by atoms with van der Waals surface area (Å²) in [7, 11) is 0. The Morgan fingerprint density at radius 3 is 2.47 bits per heavy atom. The minimum absolute atomic E-state index is 0.220. The molecule has 1 aromatic carbocycles. The number of rotatable bonds is 7. The van der Waals surface area contributed by atoms with Crippen LogP contribution in [0.25, 0.3) is 0 Å². The smallest absolute Gasteiger partial charge is 0.276 e. The number of nitrogens with one attached hydrogen (secondary N) is 1. The zero-order chi connectivity index (χ0) is 20.6. The number of amides is 1. The largest absolute Gasteiger partial charge is 0.375 e. The highest BCUT2D eigenvalue weighted by molar-refractivity contribution is 7.97. The number of piperidine rings is 1. The minimum Gasteiger partial charge on any atom is -0.375 e. The van der Waals surface area contributed by atoms with Crippen molar-refractivity contribution in [1.82, 2.24) is 9.79 Å². The second-order valence-electron chi connectivity index (χ2n) is 8.46. The fraction of sp³-hybridized carbons (Fsp3) is 0.696. The van der Waals surface area contributed by atoms with Gasteiger partial charge in [0.2, 0.25) is 0 Å². The van der Waals surface area contributed by atoms with Gasteiger partial charge in [-0.15, -0.1) is 0 Å². The SMILES string of the molecule is O=C(NOC1CCCCO1)c1ccccc1SN1CCC(OC2CCCCC2)CC1. The van der Waals surface area contributed by atoms with Crippen LogP contribution in [0.3, 0.4) is 0 Å². The van der Waals surface area contributed by atoms with E-state index in [9.17, 15) is 4.79 Å². The van der Waals surface area contributed by atoms with Gasteiger partial charge in [0, 0.05) is 31.0 Å². The number of hydroxylamine groups is 1. The predicted molar refractivity (Wildman–Crippen MR) is 117 cm³/mol. The Balaban J connectivity index is 1.25. The molecule has 166 valence electrons. The van der Waals surface area contributed by atoms with Gasteiger partial charge < -0.3 is 9.47 Å². The summed E-state index contributed by atoms with van der Waals surface area (Å²) in [6.45, 7) is 2.64. The van der Waals surface area contributed by atoms with Crippen molar-refractivity contribution in [1.29, 1.82) is 0 Å². The third-order valence-corrected chi connectivity index (χ3v) is 7.29. The molecule has 3 fully saturated rings. The highest BCUT2D eigenvalue weighted by atomic mass is 32.2. The van der Waals surface area contributed by atoms with Crippen LogP contribution in [-0.4, -0.2) is 48.4 Å². The zero-order valence-corrected chi connectivity index (χ0v) is 18.5. The topological polar surface area (TPSA) is 60.0 Å². The normalized spacial score (nSPS) is 24.6. The molecule has 1 unspecified atom stereocenters. The summed E-state index contributed by atoms with van der Waals surface area (Å²) in [5.41, 5.74) is 3.22.